The van der Waals surface area contributed by atoms with Crippen molar-refractivity contribution in [2.24, 2.45) is 0 Å². The van der Waals surface area contributed by atoms with Gasteiger partial charge < -0.3 is 9.72 Å². The van der Waals surface area contributed by atoms with E-state index in [-0.39, 0.29) is 35.3 Å². The van der Waals surface area contributed by atoms with Crippen molar-refractivity contribution in [3.8, 4) is 0 Å². The Morgan fingerprint density at radius 3 is 2.35 bits per heavy atom. The van der Waals surface area contributed by atoms with Crippen LogP contribution >= 0.6 is 0 Å². The number of nitrogens with one attached hydrogen (secondary N) is 1. The first-order valence-electron chi connectivity index (χ1n) is 11.3. The third-order valence-electron chi connectivity index (χ3n) is 6.93. The number of imidazole rings is 1. The molecule has 1 saturated heterocycles. The number of nitrogens with zero attached hydrogens (tertiary/aromatic N) is 3. The number of cyclic esters (lactones) is 1. The van der Waals surface area contributed by atoms with Crippen molar-refractivity contribution in [1.82, 2.24) is 19.4 Å². The molecule has 1 atom stereocenters. The molecule has 2 aliphatic rings. The van der Waals surface area contributed by atoms with Crippen molar-refractivity contribution in [2.45, 2.75) is 69.4 Å². The molecule has 180 valence electrons. The molecule has 2 fully saturated rings. The summed E-state index contributed by atoms with van der Waals surface area (Å²) in [5.74, 6) is 0. The Kier molecular flexibility index (Phi) is 5.22. The van der Waals surface area contributed by atoms with E-state index in [1.165, 1.54) is 4.57 Å². The molecule has 7 nitrogen and oxygen atoms in total. The smallest absolute Gasteiger partial charge is 0.433 e. The van der Waals surface area contributed by atoms with E-state index in [9.17, 15) is 22.8 Å². The second-order valence-corrected chi connectivity index (χ2v) is 9.54. The van der Waals surface area contributed by atoms with E-state index < -0.39 is 23.2 Å². The van der Waals surface area contributed by atoms with Gasteiger partial charge in [-0.15, -0.1) is 0 Å². The molecule has 10 heteroatoms. The summed E-state index contributed by atoms with van der Waals surface area (Å²) in [5, 5.41) is 0. The number of alkyl halides is 3. The number of rotatable bonds is 3. The second kappa shape index (κ2) is 7.89. The van der Waals surface area contributed by atoms with E-state index in [2.05, 4.69) is 9.97 Å². The number of hydrogen-bond donors (Lipinski definition) is 1. The van der Waals surface area contributed by atoms with Gasteiger partial charge in [-0.05, 0) is 51.2 Å². The van der Waals surface area contributed by atoms with E-state index >= 15 is 0 Å². The number of aromatic amines is 1. The zero-order valence-corrected chi connectivity index (χ0v) is 18.8. The number of halogens is 3. The molecule has 0 bridgehead atoms. The highest BCUT2D eigenvalue weighted by molar-refractivity contribution is 5.75. The zero-order chi connectivity index (χ0) is 24.3. The number of hydrogen-bond acceptors (Lipinski definition) is 4. The summed E-state index contributed by atoms with van der Waals surface area (Å²) in [4.78, 5) is 33.3. The fourth-order valence-electron chi connectivity index (χ4n) is 5.47. The molecule has 0 radical (unpaired) electrons. The standard InChI is InChI=1S/C24H25F3N4O3/c1-23(2)20(14-6-4-3-5-7-14)31(22(33)34-23)16-10-8-15(9-11-16)30-18-12-19(24(25,26)27)28-13-17(18)29-21(30)32/h3-7,12-13,15-16,20H,8-11H2,1-2H3,(H,29,32)/t15?,16?,20-/m0/s1. The number of ether oxygens (including phenoxy) is 1. The topological polar surface area (TPSA) is 80.2 Å². The first-order chi connectivity index (χ1) is 16.1. The molecule has 1 amide bonds. The molecule has 0 unspecified atom stereocenters. The Labute approximate surface area is 193 Å². The number of aromatic nitrogens is 3. The molecule has 1 aromatic carbocycles. The van der Waals surface area contributed by atoms with Crippen LogP contribution in [0.3, 0.4) is 0 Å². The van der Waals surface area contributed by atoms with Gasteiger partial charge in [0.05, 0.1) is 23.3 Å². The lowest BCUT2D eigenvalue weighted by molar-refractivity contribution is -0.141. The molecule has 1 aliphatic carbocycles. The van der Waals surface area contributed by atoms with Crippen molar-refractivity contribution in [1.29, 1.82) is 0 Å². The zero-order valence-electron chi connectivity index (χ0n) is 18.8. The van der Waals surface area contributed by atoms with Gasteiger partial charge in [-0.1, -0.05) is 30.3 Å². The maximum Gasteiger partial charge on any atom is 0.433 e. The van der Waals surface area contributed by atoms with Crippen LogP contribution in [-0.2, 0) is 10.9 Å². The normalized spacial score (nSPS) is 25.0. The van der Waals surface area contributed by atoms with Gasteiger partial charge >= 0.3 is 18.0 Å². The third kappa shape index (κ3) is 3.74. The van der Waals surface area contributed by atoms with Gasteiger partial charge in [0.1, 0.15) is 11.3 Å². The molecule has 34 heavy (non-hydrogen) atoms. The summed E-state index contributed by atoms with van der Waals surface area (Å²) >= 11 is 0. The van der Waals surface area contributed by atoms with Crippen molar-refractivity contribution in [3.63, 3.8) is 0 Å². The first kappa shape index (κ1) is 22.5. The third-order valence-corrected chi connectivity index (χ3v) is 6.93. The minimum Gasteiger partial charge on any atom is -0.441 e. The second-order valence-electron chi connectivity index (χ2n) is 9.54. The van der Waals surface area contributed by atoms with E-state index in [0.717, 1.165) is 17.8 Å². The highest BCUT2D eigenvalue weighted by Crippen LogP contribution is 2.45. The highest BCUT2D eigenvalue weighted by Gasteiger charge is 2.51. The number of carbonyl (C=O) groups is 1. The van der Waals surface area contributed by atoms with Gasteiger partial charge in [-0.2, -0.15) is 13.2 Å². The molecular weight excluding hydrogens is 449 g/mol. The number of carbonyl (C=O) groups excluding carboxylic acids is 1. The van der Waals surface area contributed by atoms with E-state index in [1.54, 1.807) is 4.90 Å². The monoisotopic (exact) mass is 474 g/mol. The predicted molar refractivity (Wildman–Crippen MR) is 118 cm³/mol. The fourth-order valence-corrected chi connectivity index (χ4v) is 5.47. The van der Waals surface area contributed by atoms with Crippen LogP contribution in [-0.4, -0.2) is 37.2 Å². The number of pyridine rings is 1. The summed E-state index contributed by atoms with van der Waals surface area (Å²) < 4.78 is 46.7. The summed E-state index contributed by atoms with van der Waals surface area (Å²) in [7, 11) is 0. The fraction of sp³-hybridized carbons (Fsp3) is 0.458. The largest absolute Gasteiger partial charge is 0.441 e. The molecular formula is C24H25F3N4O3. The van der Waals surface area contributed by atoms with Crippen LogP contribution in [0.1, 0.15) is 62.9 Å². The summed E-state index contributed by atoms with van der Waals surface area (Å²) in [6.45, 7) is 3.79. The van der Waals surface area contributed by atoms with Gasteiger partial charge in [0, 0.05) is 12.1 Å². The average Bonchev–Trinajstić information content (AvgIpc) is 3.24. The quantitative estimate of drug-likeness (QED) is 0.566. The van der Waals surface area contributed by atoms with Gasteiger partial charge in [0.25, 0.3) is 0 Å². The SMILES string of the molecule is CC1(C)OC(=O)N(C2CCC(n3c(=O)[nH]c4cnc(C(F)(F)F)cc43)CC2)[C@H]1c1ccccc1. The number of fused-ring (bicyclic) bond motifs is 1. The minimum atomic E-state index is -4.60. The maximum atomic E-state index is 13.2. The summed E-state index contributed by atoms with van der Waals surface area (Å²) in [5.41, 5.74) is -0.740. The van der Waals surface area contributed by atoms with Crippen LogP contribution in [0.4, 0.5) is 18.0 Å². The van der Waals surface area contributed by atoms with Crippen molar-refractivity contribution < 1.29 is 22.7 Å². The number of amides is 1. The Morgan fingerprint density at radius 2 is 1.71 bits per heavy atom. The van der Waals surface area contributed by atoms with Crippen LogP contribution < -0.4 is 5.69 Å². The molecule has 1 N–H and O–H groups in total. The van der Waals surface area contributed by atoms with E-state index in [1.807, 2.05) is 44.2 Å². The molecule has 1 saturated carbocycles. The maximum absolute atomic E-state index is 13.2. The lowest BCUT2D eigenvalue weighted by atomic mass is 9.86. The molecule has 0 spiro atoms. The lowest BCUT2D eigenvalue weighted by Crippen LogP contribution is -2.43. The first-order valence-corrected chi connectivity index (χ1v) is 11.3. The highest BCUT2D eigenvalue weighted by atomic mass is 19.4. The summed E-state index contributed by atoms with van der Waals surface area (Å²) in [6.07, 6.45) is -1.61. The molecule has 2 aromatic heterocycles. The van der Waals surface area contributed by atoms with Crippen molar-refractivity contribution >= 4 is 17.1 Å². The molecule has 5 rings (SSSR count). The lowest BCUT2D eigenvalue weighted by Gasteiger charge is -2.38. The van der Waals surface area contributed by atoms with Gasteiger partial charge in [-0.3, -0.25) is 9.47 Å². The van der Waals surface area contributed by atoms with Crippen LogP contribution in [0.25, 0.3) is 11.0 Å². The molecule has 1 aliphatic heterocycles. The van der Waals surface area contributed by atoms with Crippen molar-refractivity contribution in [2.75, 3.05) is 0 Å². The van der Waals surface area contributed by atoms with E-state index in [4.69, 9.17) is 4.74 Å². The van der Waals surface area contributed by atoms with Gasteiger partial charge in [0.15, 0.2) is 0 Å². The molecule has 3 aromatic rings. The number of H-pyrrole nitrogens is 1. The number of benzene rings is 1. The predicted octanol–water partition coefficient (Wildman–Crippen LogP) is 5.20. The Balaban J connectivity index is 1.41. The van der Waals surface area contributed by atoms with Crippen LogP contribution in [0.5, 0.6) is 0 Å². The Morgan fingerprint density at radius 1 is 1.06 bits per heavy atom. The van der Waals surface area contributed by atoms with Crippen LogP contribution in [0.15, 0.2) is 47.4 Å². The van der Waals surface area contributed by atoms with Crippen LogP contribution in [0, 0.1) is 0 Å². The van der Waals surface area contributed by atoms with Gasteiger partial charge in [0.2, 0.25) is 0 Å². The average molecular weight is 474 g/mol. The van der Waals surface area contributed by atoms with E-state index in [0.29, 0.717) is 25.7 Å². The Hall–Kier alpha value is -3.30. The minimum absolute atomic E-state index is 0.0935. The van der Waals surface area contributed by atoms with Crippen LogP contribution in [0.2, 0.25) is 0 Å². The summed E-state index contributed by atoms with van der Waals surface area (Å²) in [6, 6.07) is 10.0. The van der Waals surface area contributed by atoms with Crippen molar-refractivity contribution in [3.05, 3.63) is 64.3 Å². The molecule has 3 heterocycles. The van der Waals surface area contributed by atoms with Gasteiger partial charge in [-0.25, -0.2) is 14.6 Å². The Bertz CT molecular complexity index is 1270.